The molecule has 0 saturated heterocycles. The van der Waals surface area contributed by atoms with Crippen molar-refractivity contribution in [3.05, 3.63) is 40.9 Å². The van der Waals surface area contributed by atoms with E-state index in [9.17, 15) is 4.79 Å². The van der Waals surface area contributed by atoms with E-state index in [4.69, 9.17) is 27.2 Å². The van der Waals surface area contributed by atoms with Crippen LogP contribution in [-0.4, -0.2) is 17.7 Å². The van der Waals surface area contributed by atoms with Gasteiger partial charge in [-0.3, -0.25) is 0 Å². The van der Waals surface area contributed by atoms with Crippen molar-refractivity contribution >= 4 is 17.6 Å². The van der Waals surface area contributed by atoms with Gasteiger partial charge in [0, 0.05) is 12.1 Å². The van der Waals surface area contributed by atoms with Crippen LogP contribution in [0.2, 0.25) is 5.02 Å². The smallest absolute Gasteiger partial charge is 0.328 e. The molecule has 0 amide bonds. The van der Waals surface area contributed by atoms with Gasteiger partial charge in [0.25, 0.3) is 0 Å². The Balaban J connectivity index is 2.85. The first-order chi connectivity index (χ1) is 8.04. The van der Waals surface area contributed by atoms with Crippen LogP contribution in [0.4, 0.5) is 0 Å². The molecule has 5 heteroatoms. The fraction of sp³-hybridized carbons (Fsp3) is 0.250. The highest BCUT2D eigenvalue weighted by atomic mass is 35.5. The van der Waals surface area contributed by atoms with Crippen molar-refractivity contribution in [2.24, 2.45) is 5.73 Å². The number of ether oxygens (including phenoxy) is 1. The van der Waals surface area contributed by atoms with Crippen molar-refractivity contribution in [3.63, 3.8) is 0 Å². The monoisotopic (exact) mass is 255 g/mol. The zero-order chi connectivity index (χ0) is 12.8. The van der Waals surface area contributed by atoms with E-state index in [0.29, 0.717) is 17.4 Å². The first-order valence-electron chi connectivity index (χ1n) is 5.13. The molecule has 0 saturated carbocycles. The van der Waals surface area contributed by atoms with Gasteiger partial charge < -0.3 is 15.6 Å². The van der Waals surface area contributed by atoms with Gasteiger partial charge >= 0.3 is 5.97 Å². The molecule has 0 fully saturated rings. The maximum atomic E-state index is 10.4. The van der Waals surface area contributed by atoms with Crippen LogP contribution in [0.25, 0.3) is 0 Å². The summed E-state index contributed by atoms with van der Waals surface area (Å²) < 4.78 is 5.28. The number of carboxylic acid groups (broad SMARTS) is 1. The van der Waals surface area contributed by atoms with Crippen LogP contribution >= 0.6 is 11.6 Å². The third kappa shape index (κ3) is 4.09. The molecule has 0 spiro atoms. The van der Waals surface area contributed by atoms with Crippen LogP contribution in [0, 0.1) is 0 Å². The molecule has 0 heterocycles. The first-order valence-corrected chi connectivity index (χ1v) is 5.51. The minimum Gasteiger partial charge on any atom is -0.492 e. The Morgan fingerprint density at radius 3 is 2.88 bits per heavy atom. The second kappa shape index (κ2) is 6.27. The summed E-state index contributed by atoms with van der Waals surface area (Å²) in [6.45, 7) is 2.40. The molecule has 3 N–H and O–H groups in total. The van der Waals surface area contributed by atoms with Crippen LogP contribution in [0.1, 0.15) is 18.5 Å². The highest BCUT2D eigenvalue weighted by Gasteiger charge is 2.07. The summed E-state index contributed by atoms with van der Waals surface area (Å²) in [6, 6.07) is 4.64. The van der Waals surface area contributed by atoms with Crippen LogP contribution in [0.5, 0.6) is 5.75 Å². The van der Waals surface area contributed by atoms with Gasteiger partial charge in [-0.1, -0.05) is 23.7 Å². The number of aliphatic carboxylic acids is 1. The van der Waals surface area contributed by atoms with Crippen LogP contribution in [0.15, 0.2) is 30.4 Å². The fourth-order valence-corrected chi connectivity index (χ4v) is 1.54. The lowest BCUT2D eigenvalue weighted by atomic mass is 10.1. The molecule has 1 aromatic carbocycles. The van der Waals surface area contributed by atoms with Crippen LogP contribution < -0.4 is 10.5 Å². The Bertz CT molecular complexity index is 432. The summed E-state index contributed by atoms with van der Waals surface area (Å²) in [4.78, 5) is 10.4. The third-order valence-electron chi connectivity index (χ3n) is 2.09. The molecule has 0 radical (unpaired) electrons. The minimum absolute atomic E-state index is 0.462. The maximum Gasteiger partial charge on any atom is 0.328 e. The summed E-state index contributed by atoms with van der Waals surface area (Å²) in [7, 11) is 0. The lowest BCUT2D eigenvalue weighted by Crippen LogP contribution is -2.08. The Kier molecular flexibility index (Phi) is 5.00. The number of halogens is 1. The predicted octanol–water partition coefficient (Wildman–Crippen LogP) is 2.38. The predicted molar refractivity (Wildman–Crippen MR) is 66.3 cm³/mol. The number of rotatable bonds is 5. The second-order valence-corrected chi connectivity index (χ2v) is 3.75. The summed E-state index contributed by atoms with van der Waals surface area (Å²) >= 11 is 5.99. The number of nitrogens with two attached hydrogens (primary N) is 1. The van der Waals surface area contributed by atoms with Gasteiger partial charge in [-0.15, -0.1) is 0 Å². The molecule has 17 heavy (non-hydrogen) atoms. The molecule has 0 aromatic heterocycles. The fourth-order valence-electron chi connectivity index (χ4n) is 1.29. The zero-order valence-electron chi connectivity index (χ0n) is 9.39. The van der Waals surface area contributed by atoms with E-state index in [1.165, 1.54) is 6.08 Å². The van der Waals surface area contributed by atoms with E-state index in [1.807, 2.05) is 6.92 Å². The third-order valence-corrected chi connectivity index (χ3v) is 2.38. The Morgan fingerprint density at radius 2 is 2.35 bits per heavy atom. The van der Waals surface area contributed by atoms with E-state index >= 15 is 0 Å². The van der Waals surface area contributed by atoms with E-state index in [-0.39, 0.29) is 0 Å². The molecule has 0 aliphatic heterocycles. The van der Waals surface area contributed by atoms with Crippen molar-refractivity contribution in [2.45, 2.75) is 13.0 Å². The molecule has 1 unspecified atom stereocenters. The molecular formula is C12H14ClNO3. The van der Waals surface area contributed by atoms with Crippen molar-refractivity contribution < 1.29 is 14.6 Å². The number of hydrogen-bond acceptors (Lipinski definition) is 3. The average Bonchev–Trinajstić information content (AvgIpc) is 2.28. The number of benzene rings is 1. The average molecular weight is 256 g/mol. The molecule has 0 aliphatic rings. The van der Waals surface area contributed by atoms with E-state index in [0.717, 1.165) is 11.6 Å². The molecule has 1 aromatic rings. The van der Waals surface area contributed by atoms with Gasteiger partial charge in [0.15, 0.2) is 0 Å². The van der Waals surface area contributed by atoms with Gasteiger partial charge in [0.05, 0.1) is 11.6 Å². The van der Waals surface area contributed by atoms with Gasteiger partial charge in [0.2, 0.25) is 0 Å². The molecule has 1 rings (SSSR count). The van der Waals surface area contributed by atoms with Crippen molar-refractivity contribution in [1.29, 1.82) is 0 Å². The highest BCUT2D eigenvalue weighted by Crippen LogP contribution is 2.27. The van der Waals surface area contributed by atoms with Gasteiger partial charge in [-0.05, 0) is 24.6 Å². The molecule has 0 bridgehead atoms. The SMILES string of the molecule is CCOc1ccc(C(N)/C=C/C(=O)O)cc1Cl. The highest BCUT2D eigenvalue weighted by molar-refractivity contribution is 6.32. The molecular weight excluding hydrogens is 242 g/mol. The quantitative estimate of drug-likeness (QED) is 0.793. The van der Waals surface area contributed by atoms with Crippen molar-refractivity contribution in [2.75, 3.05) is 6.61 Å². The van der Waals surface area contributed by atoms with E-state index in [1.54, 1.807) is 18.2 Å². The normalized spacial score (nSPS) is 12.6. The van der Waals surface area contributed by atoms with Crippen LogP contribution in [0.3, 0.4) is 0 Å². The van der Waals surface area contributed by atoms with Crippen molar-refractivity contribution in [3.8, 4) is 5.75 Å². The molecule has 0 aliphatic carbocycles. The lowest BCUT2D eigenvalue weighted by molar-refractivity contribution is -0.131. The summed E-state index contributed by atoms with van der Waals surface area (Å²) in [5.41, 5.74) is 6.52. The number of carbonyl (C=O) groups is 1. The van der Waals surface area contributed by atoms with Gasteiger partial charge in [-0.25, -0.2) is 4.79 Å². The van der Waals surface area contributed by atoms with Gasteiger partial charge in [0.1, 0.15) is 5.75 Å². The number of carboxylic acids is 1. The van der Waals surface area contributed by atoms with Crippen molar-refractivity contribution in [1.82, 2.24) is 0 Å². The lowest BCUT2D eigenvalue weighted by Gasteiger charge is -2.10. The van der Waals surface area contributed by atoms with E-state index < -0.39 is 12.0 Å². The Labute approximate surface area is 105 Å². The molecule has 1 atom stereocenters. The Morgan fingerprint density at radius 1 is 1.65 bits per heavy atom. The molecule has 4 nitrogen and oxygen atoms in total. The largest absolute Gasteiger partial charge is 0.492 e. The summed E-state index contributed by atoms with van der Waals surface area (Å²) in [5.74, 6) is -0.440. The maximum absolute atomic E-state index is 10.4. The van der Waals surface area contributed by atoms with E-state index in [2.05, 4.69) is 0 Å². The zero-order valence-corrected chi connectivity index (χ0v) is 10.1. The summed E-state index contributed by atoms with van der Waals surface area (Å²) in [6.07, 6.45) is 2.41. The topological polar surface area (TPSA) is 72.5 Å². The second-order valence-electron chi connectivity index (χ2n) is 3.35. The van der Waals surface area contributed by atoms with Crippen LogP contribution in [-0.2, 0) is 4.79 Å². The number of hydrogen-bond donors (Lipinski definition) is 2. The van der Waals surface area contributed by atoms with Gasteiger partial charge in [-0.2, -0.15) is 0 Å². The summed E-state index contributed by atoms with van der Waals surface area (Å²) in [5, 5.41) is 8.95. The minimum atomic E-state index is -1.03. The first kappa shape index (κ1) is 13.5. The standard InChI is InChI=1S/C12H14ClNO3/c1-2-17-11-5-3-8(7-9(11)13)10(14)4-6-12(15)16/h3-7,10H,2,14H2,1H3,(H,15,16)/b6-4+. The molecule has 92 valence electrons. The Hall–Kier alpha value is -1.52.